The molecule has 2 rings (SSSR count). The van der Waals surface area contributed by atoms with Crippen molar-refractivity contribution in [2.75, 3.05) is 26.2 Å². The molecule has 0 aliphatic carbocycles. The third kappa shape index (κ3) is 2.79. The molecule has 0 spiro atoms. The molecular formula is C11H16N3. The highest BCUT2D eigenvalue weighted by atomic mass is 15.2. The number of rotatable bonds is 3. The second-order valence-corrected chi connectivity index (χ2v) is 3.49. The summed E-state index contributed by atoms with van der Waals surface area (Å²) < 4.78 is 0. The van der Waals surface area contributed by atoms with Gasteiger partial charge in [-0.25, -0.2) is 0 Å². The third-order valence-electron chi connectivity index (χ3n) is 2.44. The predicted molar refractivity (Wildman–Crippen MR) is 56.7 cm³/mol. The van der Waals surface area contributed by atoms with Crippen LogP contribution in [0.25, 0.3) is 0 Å². The van der Waals surface area contributed by atoms with Gasteiger partial charge in [0.1, 0.15) is 0 Å². The fourth-order valence-corrected chi connectivity index (χ4v) is 1.61. The topological polar surface area (TPSA) is 28.2 Å². The largest absolute Gasteiger partial charge is 0.314 e. The highest BCUT2D eigenvalue weighted by molar-refractivity contribution is 5.05. The van der Waals surface area contributed by atoms with Crippen molar-refractivity contribution in [3.8, 4) is 0 Å². The molecule has 2 heterocycles. The minimum atomic E-state index is 0.945. The first kappa shape index (κ1) is 9.62. The number of hydrogen-bond donors (Lipinski definition) is 1. The Morgan fingerprint density at radius 2 is 2.21 bits per heavy atom. The minimum absolute atomic E-state index is 0.945. The van der Waals surface area contributed by atoms with Crippen LogP contribution < -0.4 is 5.32 Å². The first-order chi connectivity index (χ1) is 6.95. The molecular weight excluding hydrogens is 174 g/mol. The van der Waals surface area contributed by atoms with Crippen LogP contribution >= 0.6 is 0 Å². The van der Waals surface area contributed by atoms with E-state index >= 15 is 0 Å². The second-order valence-electron chi connectivity index (χ2n) is 3.49. The van der Waals surface area contributed by atoms with E-state index in [2.05, 4.69) is 27.8 Å². The molecule has 0 unspecified atom stereocenters. The zero-order chi connectivity index (χ0) is 9.64. The van der Waals surface area contributed by atoms with Crippen molar-refractivity contribution in [3.05, 3.63) is 36.6 Å². The lowest BCUT2D eigenvalue weighted by Crippen LogP contribution is -2.42. The molecule has 1 radical (unpaired) electrons. The lowest BCUT2D eigenvalue weighted by molar-refractivity contribution is 0.287. The van der Waals surface area contributed by atoms with Gasteiger partial charge in [-0.3, -0.25) is 9.88 Å². The molecule has 1 aliphatic heterocycles. The van der Waals surface area contributed by atoms with Gasteiger partial charge in [-0.15, -0.1) is 0 Å². The van der Waals surface area contributed by atoms with E-state index in [4.69, 9.17) is 0 Å². The van der Waals surface area contributed by atoms with Crippen molar-refractivity contribution < 1.29 is 0 Å². The lowest BCUT2D eigenvalue weighted by atomic mass is 10.2. The van der Waals surface area contributed by atoms with Crippen LogP contribution in [-0.2, 0) is 6.42 Å². The fraction of sp³-hybridized carbons (Fsp3) is 0.455. The normalized spacial score (nSPS) is 18.3. The molecule has 1 aromatic heterocycles. The van der Waals surface area contributed by atoms with Gasteiger partial charge in [0.2, 0.25) is 0 Å². The molecule has 1 saturated heterocycles. The highest BCUT2D eigenvalue weighted by Crippen LogP contribution is 2.02. The van der Waals surface area contributed by atoms with E-state index in [0.717, 1.165) is 38.3 Å². The van der Waals surface area contributed by atoms with Crippen LogP contribution in [0, 0.1) is 6.54 Å². The SMILES string of the molecule is [CH](Cc1ccccn1)N1CCNCC1. The quantitative estimate of drug-likeness (QED) is 0.760. The molecule has 1 N–H and O–H groups in total. The molecule has 1 aromatic rings. The number of nitrogens with one attached hydrogen (secondary N) is 1. The van der Waals surface area contributed by atoms with E-state index in [9.17, 15) is 0 Å². The van der Waals surface area contributed by atoms with E-state index in [-0.39, 0.29) is 0 Å². The first-order valence-electron chi connectivity index (χ1n) is 5.13. The van der Waals surface area contributed by atoms with Gasteiger partial charge in [0.05, 0.1) is 0 Å². The van der Waals surface area contributed by atoms with Gasteiger partial charge in [-0.05, 0) is 12.1 Å². The van der Waals surface area contributed by atoms with E-state index in [1.54, 1.807) is 0 Å². The average Bonchev–Trinajstić information content (AvgIpc) is 2.29. The van der Waals surface area contributed by atoms with Crippen LogP contribution in [0.4, 0.5) is 0 Å². The summed E-state index contributed by atoms with van der Waals surface area (Å²) in [6.45, 7) is 6.68. The van der Waals surface area contributed by atoms with E-state index < -0.39 is 0 Å². The fourth-order valence-electron chi connectivity index (χ4n) is 1.61. The maximum atomic E-state index is 4.29. The molecule has 0 saturated carbocycles. The summed E-state index contributed by atoms with van der Waals surface area (Å²) in [5.74, 6) is 0. The molecule has 0 amide bonds. The Bertz CT molecular complexity index is 254. The van der Waals surface area contributed by atoms with Gasteiger partial charge in [0, 0.05) is 51.0 Å². The lowest BCUT2D eigenvalue weighted by Gasteiger charge is -2.26. The number of nitrogens with zero attached hydrogens (tertiary/aromatic N) is 2. The Labute approximate surface area is 85.1 Å². The summed E-state index contributed by atoms with van der Waals surface area (Å²) in [6.07, 6.45) is 2.79. The Hall–Kier alpha value is -0.930. The molecule has 75 valence electrons. The van der Waals surface area contributed by atoms with Gasteiger partial charge < -0.3 is 5.32 Å². The summed E-state index contributed by atoms with van der Waals surface area (Å²) in [5, 5.41) is 3.34. The molecule has 1 aliphatic rings. The zero-order valence-corrected chi connectivity index (χ0v) is 8.32. The number of pyridine rings is 1. The summed E-state index contributed by atoms with van der Waals surface area (Å²) in [7, 11) is 0. The Kier molecular flexibility index (Phi) is 3.49. The monoisotopic (exact) mass is 190 g/mol. The van der Waals surface area contributed by atoms with Crippen molar-refractivity contribution in [3.63, 3.8) is 0 Å². The smallest absolute Gasteiger partial charge is 0.0419 e. The van der Waals surface area contributed by atoms with Crippen molar-refractivity contribution in [1.82, 2.24) is 15.2 Å². The number of hydrogen-bond acceptors (Lipinski definition) is 3. The molecule has 14 heavy (non-hydrogen) atoms. The highest BCUT2D eigenvalue weighted by Gasteiger charge is 2.09. The molecule has 1 fully saturated rings. The van der Waals surface area contributed by atoms with Crippen molar-refractivity contribution in [1.29, 1.82) is 0 Å². The van der Waals surface area contributed by atoms with Crippen LogP contribution in [-0.4, -0.2) is 36.1 Å². The van der Waals surface area contributed by atoms with Crippen LogP contribution in [0.15, 0.2) is 24.4 Å². The van der Waals surface area contributed by atoms with Crippen LogP contribution in [0.3, 0.4) is 0 Å². The molecule has 0 bridgehead atoms. The predicted octanol–water partition coefficient (Wildman–Crippen LogP) is 0.691. The maximum Gasteiger partial charge on any atom is 0.0419 e. The third-order valence-corrected chi connectivity index (χ3v) is 2.44. The number of piperazine rings is 1. The van der Waals surface area contributed by atoms with Gasteiger partial charge in [0.25, 0.3) is 0 Å². The Morgan fingerprint density at radius 1 is 1.36 bits per heavy atom. The maximum absolute atomic E-state index is 4.29. The number of aromatic nitrogens is 1. The van der Waals surface area contributed by atoms with Gasteiger partial charge >= 0.3 is 0 Å². The summed E-state index contributed by atoms with van der Waals surface area (Å²) in [5.41, 5.74) is 1.14. The van der Waals surface area contributed by atoms with Crippen molar-refractivity contribution in [2.45, 2.75) is 6.42 Å². The van der Waals surface area contributed by atoms with Crippen molar-refractivity contribution in [2.24, 2.45) is 0 Å². The molecule has 0 aromatic carbocycles. The van der Waals surface area contributed by atoms with E-state index in [1.165, 1.54) is 0 Å². The minimum Gasteiger partial charge on any atom is -0.314 e. The van der Waals surface area contributed by atoms with Crippen LogP contribution in [0.1, 0.15) is 5.69 Å². The van der Waals surface area contributed by atoms with Crippen LogP contribution in [0.2, 0.25) is 0 Å². The molecule has 3 nitrogen and oxygen atoms in total. The average molecular weight is 190 g/mol. The zero-order valence-electron chi connectivity index (χ0n) is 8.32. The summed E-state index contributed by atoms with van der Waals surface area (Å²) in [6, 6.07) is 6.06. The van der Waals surface area contributed by atoms with E-state index in [0.29, 0.717) is 0 Å². The van der Waals surface area contributed by atoms with E-state index in [1.807, 2.05) is 18.3 Å². The Balaban J connectivity index is 1.76. The standard InChI is InChI=1S/C11H16N3/c1-2-5-13-11(3-1)4-8-14-9-6-12-7-10-14/h1-3,5,8,12H,4,6-7,9-10H2. The van der Waals surface area contributed by atoms with Crippen molar-refractivity contribution >= 4 is 0 Å². The second kappa shape index (κ2) is 5.08. The summed E-state index contributed by atoms with van der Waals surface area (Å²) in [4.78, 5) is 6.66. The summed E-state index contributed by atoms with van der Waals surface area (Å²) >= 11 is 0. The van der Waals surface area contributed by atoms with Gasteiger partial charge in [-0.2, -0.15) is 0 Å². The van der Waals surface area contributed by atoms with Gasteiger partial charge in [0.15, 0.2) is 0 Å². The molecule has 0 atom stereocenters. The molecule has 3 heteroatoms. The van der Waals surface area contributed by atoms with Gasteiger partial charge in [-0.1, -0.05) is 6.07 Å². The van der Waals surface area contributed by atoms with Crippen LogP contribution in [0.5, 0.6) is 0 Å². The Morgan fingerprint density at radius 3 is 2.93 bits per heavy atom. The first-order valence-corrected chi connectivity index (χ1v) is 5.13.